The van der Waals surface area contributed by atoms with E-state index < -0.39 is 11.7 Å². The van der Waals surface area contributed by atoms with Crippen LogP contribution in [-0.2, 0) is 16.0 Å². The lowest BCUT2D eigenvalue weighted by Gasteiger charge is -2.16. The van der Waals surface area contributed by atoms with Crippen LogP contribution in [0, 0.1) is 0 Å². The lowest BCUT2D eigenvalue weighted by Crippen LogP contribution is -2.33. The average molecular weight is 282 g/mol. The van der Waals surface area contributed by atoms with E-state index in [-0.39, 0.29) is 0 Å². The number of Topliss-reactive ketones (excluding diaryl/α,β-unsaturated/α-hetero) is 1. The molecule has 5 heteroatoms. The van der Waals surface area contributed by atoms with Gasteiger partial charge in [0.25, 0.3) is 11.7 Å². The van der Waals surface area contributed by atoms with Crippen molar-refractivity contribution in [3.05, 3.63) is 29.3 Å². The number of alkyl halides is 1. The lowest BCUT2D eigenvalue weighted by atomic mass is 10.1. The van der Waals surface area contributed by atoms with E-state index in [0.717, 1.165) is 12.0 Å². The van der Waals surface area contributed by atoms with Gasteiger partial charge < -0.3 is 9.64 Å². The molecule has 4 nitrogen and oxygen atoms in total. The number of benzene rings is 1. The summed E-state index contributed by atoms with van der Waals surface area (Å²) in [6.07, 6.45) is 0.841. The quantitative estimate of drug-likeness (QED) is 0.455. The molecule has 19 heavy (non-hydrogen) atoms. The van der Waals surface area contributed by atoms with Gasteiger partial charge in [0.15, 0.2) is 0 Å². The number of nitrogens with zero attached hydrogens (tertiary/aromatic N) is 1. The third-order valence-electron chi connectivity index (χ3n) is 3.12. The highest BCUT2D eigenvalue weighted by atomic mass is 35.5. The zero-order valence-electron chi connectivity index (χ0n) is 10.8. The van der Waals surface area contributed by atoms with E-state index >= 15 is 0 Å². The van der Waals surface area contributed by atoms with Crippen molar-refractivity contribution in [3.8, 4) is 0 Å². The molecule has 0 saturated heterocycles. The minimum atomic E-state index is -0.474. The standard InChI is InChI=1S/C14H16ClNO3/c1-2-10-3-4-12-11(9-10)13(17)14(18)16(12)6-8-19-7-5-15/h3-4,9H,2,5-8H2,1H3. The SMILES string of the molecule is CCc1ccc2c(c1)C(=O)C(=O)N2CCOCCCl. The Morgan fingerprint density at radius 3 is 2.74 bits per heavy atom. The number of ether oxygens (including phenoxy) is 1. The van der Waals surface area contributed by atoms with Crippen molar-refractivity contribution in [2.24, 2.45) is 0 Å². The van der Waals surface area contributed by atoms with Gasteiger partial charge in [-0.15, -0.1) is 11.6 Å². The van der Waals surface area contributed by atoms with Gasteiger partial charge in [-0.05, 0) is 24.1 Å². The Hall–Kier alpha value is -1.39. The summed E-state index contributed by atoms with van der Waals surface area (Å²) in [4.78, 5) is 25.3. The van der Waals surface area contributed by atoms with E-state index in [1.54, 1.807) is 6.07 Å². The van der Waals surface area contributed by atoms with Crippen molar-refractivity contribution in [1.29, 1.82) is 0 Å². The summed E-state index contributed by atoms with van der Waals surface area (Å²) in [7, 11) is 0. The third kappa shape index (κ3) is 2.80. The predicted molar refractivity (Wildman–Crippen MR) is 74.0 cm³/mol. The van der Waals surface area contributed by atoms with Crippen molar-refractivity contribution in [2.45, 2.75) is 13.3 Å². The highest BCUT2D eigenvalue weighted by Crippen LogP contribution is 2.29. The monoisotopic (exact) mass is 281 g/mol. The fraction of sp³-hybridized carbons (Fsp3) is 0.429. The molecule has 2 rings (SSSR count). The first-order chi connectivity index (χ1) is 9.19. The first kappa shape index (κ1) is 14.0. The normalized spacial score (nSPS) is 14.1. The Bertz CT molecular complexity index is 501. The van der Waals surface area contributed by atoms with Crippen molar-refractivity contribution < 1.29 is 14.3 Å². The number of halogens is 1. The summed E-state index contributed by atoms with van der Waals surface area (Å²) in [5.41, 5.74) is 2.24. The van der Waals surface area contributed by atoms with Gasteiger partial charge in [0.05, 0.1) is 24.5 Å². The zero-order valence-corrected chi connectivity index (χ0v) is 11.6. The summed E-state index contributed by atoms with van der Waals surface area (Å²) in [6, 6.07) is 5.57. The number of fused-ring (bicyclic) bond motifs is 1. The van der Waals surface area contributed by atoms with Crippen LogP contribution in [0.15, 0.2) is 18.2 Å². The molecule has 0 radical (unpaired) electrons. The molecule has 0 spiro atoms. The van der Waals surface area contributed by atoms with Gasteiger partial charge in [0.2, 0.25) is 0 Å². The van der Waals surface area contributed by atoms with Gasteiger partial charge in [-0.3, -0.25) is 9.59 Å². The number of carbonyl (C=O) groups excluding carboxylic acids is 2. The molecule has 1 amide bonds. The van der Waals surface area contributed by atoms with Gasteiger partial charge >= 0.3 is 0 Å². The first-order valence-electron chi connectivity index (χ1n) is 6.31. The Morgan fingerprint density at radius 2 is 2.05 bits per heavy atom. The minimum Gasteiger partial charge on any atom is -0.378 e. The maximum atomic E-state index is 11.9. The Labute approximate surface area is 117 Å². The summed E-state index contributed by atoms with van der Waals surface area (Å²) in [6.45, 7) is 3.21. The number of rotatable bonds is 6. The zero-order chi connectivity index (χ0) is 13.8. The highest BCUT2D eigenvalue weighted by Gasteiger charge is 2.35. The molecule has 102 valence electrons. The van der Waals surface area contributed by atoms with Crippen LogP contribution in [0.3, 0.4) is 0 Å². The molecular formula is C14H16ClNO3. The smallest absolute Gasteiger partial charge is 0.299 e. The molecule has 1 aromatic rings. The molecule has 0 saturated carbocycles. The molecule has 0 atom stereocenters. The van der Waals surface area contributed by atoms with Crippen LogP contribution in [0.5, 0.6) is 0 Å². The molecule has 1 aromatic carbocycles. The van der Waals surface area contributed by atoms with E-state index in [1.807, 2.05) is 19.1 Å². The third-order valence-corrected chi connectivity index (χ3v) is 3.28. The van der Waals surface area contributed by atoms with Crippen LogP contribution in [0.4, 0.5) is 5.69 Å². The first-order valence-corrected chi connectivity index (χ1v) is 6.85. The van der Waals surface area contributed by atoms with E-state index in [4.69, 9.17) is 16.3 Å². The van der Waals surface area contributed by atoms with Crippen LogP contribution in [0.1, 0.15) is 22.8 Å². The Kier molecular flexibility index (Phi) is 4.56. The number of ketones is 1. The van der Waals surface area contributed by atoms with E-state index in [0.29, 0.717) is 36.9 Å². The molecule has 0 N–H and O–H groups in total. The molecule has 0 aromatic heterocycles. The van der Waals surface area contributed by atoms with Crippen molar-refractivity contribution in [1.82, 2.24) is 0 Å². The van der Waals surface area contributed by atoms with E-state index in [2.05, 4.69) is 0 Å². The molecule has 0 bridgehead atoms. The molecule has 1 heterocycles. The number of hydrogen-bond donors (Lipinski definition) is 0. The maximum Gasteiger partial charge on any atom is 0.299 e. The second-order valence-corrected chi connectivity index (χ2v) is 4.67. The summed E-state index contributed by atoms with van der Waals surface area (Å²) in [5.74, 6) is -0.482. The molecule has 0 aliphatic carbocycles. The number of amides is 1. The van der Waals surface area contributed by atoms with Crippen LogP contribution in [0.25, 0.3) is 0 Å². The second-order valence-electron chi connectivity index (χ2n) is 4.29. The summed E-state index contributed by atoms with van der Waals surface area (Å²) >= 11 is 5.50. The van der Waals surface area contributed by atoms with E-state index in [1.165, 1.54) is 4.90 Å². The number of hydrogen-bond acceptors (Lipinski definition) is 3. The van der Waals surface area contributed by atoms with Crippen molar-refractivity contribution in [2.75, 3.05) is 30.5 Å². The molecule has 1 aliphatic heterocycles. The van der Waals surface area contributed by atoms with Gasteiger partial charge in [-0.2, -0.15) is 0 Å². The van der Waals surface area contributed by atoms with Gasteiger partial charge in [0, 0.05) is 12.4 Å². The van der Waals surface area contributed by atoms with Crippen molar-refractivity contribution in [3.63, 3.8) is 0 Å². The molecule has 0 unspecified atom stereocenters. The average Bonchev–Trinajstić information content (AvgIpc) is 2.67. The fourth-order valence-corrected chi connectivity index (χ4v) is 2.21. The number of anilines is 1. The van der Waals surface area contributed by atoms with Crippen molar-refractivity contribution >= 4 is 29.0 Å². The van der Waals surface area contributed by atoms with Crippen LogP contribution in [-0.4, -0.2) is 37.3 Å². The van der Waals surface area contributed by atoms with Crippen LogP contribution in [0.2, 0.25) is 0 Å². The molecule has 1 aliphatic rings. The fourth-order valence-electron chi connectivity index (χ4n) is 2.10. The lowest BCUT2D eigenvalue weighted by molar-refractivity contribution is -0.114. The predicted octanol–water partition coefficient (Wildman–Crippen LogP) is 2.03. The Balaban J connectivity index is 2.15. The topological polar surface area (TPSA) is 46.6 Å². The maximum absolute atomic E-state index is 11.9. The van der Waals surface area contributed by atoms with Crippen LogP contribution < -0.4 is 4.90 Å². The van der Waals surface area contributed by atoms with Crippen LogP contribution >= 0.6 is 11.6 Å². The molecular weight excluding hydrogens is 266 g/mol. The largest absolute Gasteiger partial charge is 0.378 e. The summed E-state index contributed by atoms with van der Waals surface area (Å²) in [5, 5.41) is 0. The molecule has 0 fully saturated rings. The van der Waals surface area contributed by atoms with Gasteiger partial charge in [-0.1, -0.05) is 13.0 Å². The van der Waals surface area contributed by atoms with Gasteiger partial charge in [0.1, 0.15) is 0 Å². The highest BCUT2D eigenvalue weighted by molar-refractivity contribution is 6.52. The number of carbonyl (C=O) groups is 2. The number of aryl methyl sites for hydroxylation is 1. The summed E-state index contributed by atoms with van der Waals surface area (Å²) < 4.78 is 5.25. The minimum absolute atomic E-state index is 0.375. The second kappa shape index (κ2) is 6.17. The van der Waals surface area contributed by atoms with E-state index in [9.17, 15) is 9.59 Å². The van der Waals surface area contributed by atoms with Gasteiger partial charge in [-0.25, -0.2) is 0 Å². The Morgan fingerprint density at radius 1 is 1.26 bits per heavy atom.